The first-order valence-electron chi connectivity index (χ1n) is 12.2. The molecule has 0 radical (unpaired) electrons. The highest BCUT2D eigenvalue weighted by Gasteiger charge is 2.46. The fraction of sp³-hybridized carbons (Fsp3) is 0.200. The van der Waals surface area contributed by atoms with E-state index in [-0.39, 0.29) is 10.1 Å². The van der Waals surface area contributed by atoms with Gasteiger partial charge in [-0.05, 0) is 50.7 Å². The van der Waals surface area contributed by atoms with E-state index >= 15 is 0 Å². The lowest BCUT2D eigenvalue weighted by molar-refractivity contribution is 0.0274. The predicted molar refractivity (Wildman–Crippen MR) is 154 cm³/mol. The van der Waals surface area contributed by atoms with Crippen LogP contribution in [-0.2, 0) is 15.6 Å². The second-order valence-corrected chi connectivity index (χ2v) is 13.0. The summed E-state index contributed by atoms with van der Waals surface area (Å²) in [5.41, 5.74) is -0.385. The molecule has 0 saturated carbocycles. The Bertz CT molecular complexity index is 1590. The molecule has 4 aromatic carbocycles. The zero-order valence-corrected chi connectivity index (χ0v) is 22.9. The second kappa shape index (κ2) is 10.2. The van der Waals surface area contributed by atoms with Gasteiger partial charge in [-0.1, -0.05) is 117 Å². The molecule has 190 valence electrons. The number of fused-ring (bicyclic) bond motifs is 2. The number of rotatable bonds is 8. The molecule has 0 aliphatic rings. The van der Waals surface area contributed by atoms with Crippen molar-refractivity contribution in [3.05, 3.63) is 113 Å². The molecule has 5 rings (SSSR count). The van der Waals surface area contributed by atoms with E-state index in [2.05, 4.69) is 4.72 Å². The topological polar surface area (TPSA) is 66.4 Å². The van der Waals surface area contributed by atoms with Crippen LogP contribution in [-0.4, -0.2) is 19.6 Å². The van der Waals surface area contributed by atoms with Crippen LogP contribution >= 0.6 is 22.9 Å². The molecule has 7 heteroatoms. The van der Waals surface area contributed by atoms with Gasteiger partial charge in [0.05, 0.1) is 10.4 Å². The molecule has 0 fully saturated rings. The van der Waals surface area contributed by atoms with Crippen LogP contribution in [0.4, 0.5) is 0 Å². The third-order valence-electron chi connectivity index (χ3n) is 7.16. The molecule has 4 nitrogen and oxygen atoms in total. The number of thiophene rings is 1. The fourth-order valence-corrected chi connectivity index (χ4v) is 7.98. The molecular weight excluding hydrogens is 522 g/mol. The third kappa shape index (κ3) is 4.69. The zero-order chi connectivity index (χ0) is 26.2. The Morgan fingerprint density at radius 3 is 1.84 bits per heavy atom. The van der Waals surface area contributed by atoms with E-state index in [1.165, 1.54) is 6.07 Å². The van der Waals surface area contributed by atoms with Gasteiger partial charge in [0.1, 0.15) is 9.81 Å². The normalized spacial score (nSPS) is 14.2. The van der Waals surface area contributed by atoms with Crippen molar-refractivity contribution >= 4 is 54.5 Å². The van der Waals surface area contributed by atoms with Crippen molar-refractivity contribution in [3.8, 4) is 0 Å². The van der Waals surface area contributed by atoms with Crippen LogP contribution in [0.3, 0.4) is 0 Å². The molecule has 2 unspecified atom stereocenters. The van der Waals surface area contributed by atoms with Gasteiger partial charge in [0.15, 0.2) is 0 Å². The van der Waals surface area contributed by atoms with Crippen molar-refractivity contribution in [1.29, 1.82) is 0 Å². The monoisotopic (exact) mass is 549 g/mol. The largest absolute Gasteiger partial charge is 0.379 e. The van der Waals surface area contributed by atoms with Crippen molar-refractivity contribution < 1.29 is 13.5 Å². The molecule has 0 aliphatic carbocycles. The van der Waals surface area contributed by atoms with Crippen LogP contribution in [0.1, 0.15) is 31.4 Å². The van der Waals surface area contributed by atoms with Gasteiger partial charge in [-0.15, -0.1) is 11.3 Å². The molecule has 0 saturated heterocycles. The first-order valence-corrected chi connectivity index (χ1v) is 14.9. The maximum Gasteiger partial charge on any atom is 0.250 e. The van der Waals surface area contributed by atoms with Crippen LogP contribution in [0.15, 0.2) is 101 Å². The zero-order valence-electron chi connectivity index (χ0n) is 20.6. The lowest BCUT2D eigenvalue weighted by atomic mass is 9.72. The average molecular weight is 550 g/mol. The Morgan fingerprint density at radius 2 is 1.35 bits per heavy atom. The summed E-state index contributed by atoms with van der Waals surface area (Å²) in [5, 5.41) is 16.7. The Kier molecular flexibility index (Phi) is 7.14. The Balaban J connectivity index is 1.83. The van der Waals surface area contributed by atoms with Crippen LogP contribution in [0.2, 0.25) is 4.34 Å². The van der Waals surface area contributed by atoms with Crippen LogP contribution in [0, 0.1) is 5.92 Å². The number of hydrogen-bond acceptors (Lipinski definition) is 4. The van der Waals surface area contributed by atoms with Gasteiger partial charge in [-0.25, -0.2) is 13.1 Å². The number of halogens is 1. The average Bonchev–Trinajstić information content (AvgIpc) is 3.37. The summed E-state index contributed by atoms with van der Waals surface area (Å²) in [5.74, 6) is -0.215. The summed E-state index contributed by atoms with van der Waals surface area (Å²) in [6.07, 6.45) is 0.649. The predicted octanol–water partition coefficient (Wildman–Crippen LogP) is 7.34. The standard InChI is InChI=1S/C30H28ClNO3S2/c1-3-20(2)29(32-37(34,35)28-19-18-27(31)36-28)30(33,25-16-8-12-21-10-4-6-14-23(21)25)26-17-9-13-22-11-5-7-15-24(22)26/h4-20,29,32-33H,3H2,1-2H3. The van der Waals surface area contributed by atoms with Crippen molar-refractivity contribution in [1.82, 2.24) is 4.72 Å². The molecule has 0 spiro atoms. The van der Waals surface area contributed by atoms with Crippen molar-refractivity contribution in [2.45, 2.75) is 36.1 Å². The summed E-state index contributed by atoms with van der Waals surface area (Å²) in [6, 6.07) is 29.5. The highest BCUT2D eigenvalue weighted by Crippen LogP contribution is 2.43. The van der Waals surface area contributed by atoms with Crippen LogP contribution < -0.4 is 4.72 Å². The molecule has 0 aliphatic heterocycles. The molecule has 2 N–H and O–H groups in total. The Morgan fingerprint density at radius 1 is 0.838 bits per heavy atom. The smallest absolute Gasteiger partial charge is 0.250 e. The minimum Gasteiger partial charge on any atom is -0.379 e. The highest BCUT2D eigenvalue weighted by molar-refractivity contribution is 7.91. The number of aliphatic hydroxyl groups is 1. The molecule has 37 heavy (non-hydrogen) atoms. The Hall–Kier alpha value is -2.74. The molecule has 5 aromatic rings. The van der Waals surface area contributed by atoms with Crippen LogP contribution in [0.25, 0.3) is 21.5 Å². The van der Waals surface area contributed by atoms with E-state index in [4.69, 9.17) is 11.6 Å². The molecular formula is C30H28ClNO3S2. The first-order chi connectivity index (χ1) is 17.8. The molecule has 1 heterocycles. The van der Waals surface area contributed by atoms with Gasteiger partial charge in [0, 0.05) is 0 Å². The third-order valence-corrected chi connectivity index (χ3v) is 10.3. The fourth-order valence-electron chi connectivity index (χ4n) is 5.11. The van der Waals surface area contributed by atoms with Gasteiger partial charge < -0.3 is 5.11 Å². The van der Waals surface area contributed by atoms with E-state index in [9.17, 15) is 13.5 Å². The lowest BCUT2D eigenvalue weighted by Gasteiger charge is -2.41. The summed E-state index contributed by atoms with van der Waals surface area (Å²) < 4.78 is 30.7. The molecule has 1 aromatic heterocycles. The van der Waals surface area contributed by atoms with E-state index in [0.29, 0.717) is 21.9 Å². The van der Waals surface area contributed by atoms with E-state index in [0.717, 1.165) is 32.9 Å². The maximum atomic E-state index is 13.6. The highest BCUT2D eigenvalue weighted by atomic mass is 35.5. The lowest BCUT2D eigenvalue weighted by Crippen LogP contribution is -2.54. The number of sulfonamides is 1. The quantitative estimate of drug-likeness (QED) is 0.213. The number of nitrogens with one attached hydrogen (secondary N) is 1. The minimum atomic E-state index is -3.98. The van der Waals surface area contributed by atoms with Gasteiger partial charge in [0.25, 0.3) is 0 Å². The SMILES string of the molecule is CCC(C)C(NS(=O)(=O)c1ccc(Cl)s1)C(O)(c1cccc2ccccc12)c1cccc2ccccc12. The van der Waals surface area contributed by atoms with Crippen molar-refractivity contribution in [3.63, 3.8) is 0 Å². The van der Waals surface area contributed by atoms with E-state index in [1.54, 1.807) is 6.07 Å². The number of hydrogen-bond donors (Lipinski definition) is 2. The first kappa shape index (κ1) is 25.9. The summed E-state index contributed by atoms with van der Waals surface area (Å²) in [4.78, 5) is 0. The van der Waals surface area contributed by atoms with Crippen molar-refractivity contribution in [2.75, 3.05) is 0 Å². The van der Waals surface area contributed by atoms with Crippen molar-refractivity contribution in [2.24, 2.45) is 5.92 Å². The van der Waals surface area contributed by atoms with E-state index < -0.39 is 21.7 Å². The molecule has 0 amide bonds. The summed E-state index contributed by atoms with van der Waals surface area (Å²) in [6.45, 7) is 3.97. The number of benzene rings is 4. The van der Waals surface area contributed by atoms with E-state index in [1.807, 2.05) is 98.8 Å². The van der Waals surface area contributed by atoms with Gasteiger partial charge in [-0.3, -0.25) is 0 Å². The summed E-state index contributed by atoms with van der Waals surface area (Å²) >= 11 is 7.08. The van der Waals surface area contributed by atoms with Crippen LogP contribution in [0.5, 0.6) is 0 Å². The minimum absolute atomic E-state index is 0.115. The Labute approximate surface area is 226 Å². The molecule has 0 bridgehead atoms. The van der Waals surface area contributed by atoms with Gasteiger partial charge >= 0.3 is 0 Å². The van der Waals surface area contributed by atoms with Gasteiger partial charge in [0.2, 0.25) is 10.0 Å². The molecule has 2 atom stereocenters. The summed E-state index contributed by atoms with van der Waals surface area (Å²) in [7, 11) is -3.98. The maximum absolute atomic E-state index is 13.6. The van der Waals surface area contributed by atoms with Gasteiger partial charge in [-0.2, -0.15) is 0 Å². The second-order valence-electron chi connectivity index (χ2n) is 9.36.